The summed E-state index contributed by atoms with van der Waals surface area (Å²) < 4.78 is 20.3. The molecule has 0 fully saturated rings. The summed E-state index contributed by atoms with van der Waals surface area (Å²) in [6.07, 6.45) is 0.298. The summed E-state index contributed by atoms with van der Waals surface area (Å²) in [6, 6.07) is 0. The van der Waals surface area contributed by atoms with Crippen LogP contribution in [0.3, 0.4) is 0 Å². The van der Waals surface area contributed by atoms with Crippen molar-refractivity contribution in [1.29, 1.82) is 0 Å². The quantitative estimate of drug-likeness (QED) is 0.394. The second-order valence-corrected chi connectivity index (χ2v) is 2.98. The van der Waals surface area contributed by atoms with Gasteiger partial charge >= 0.3 is 5.97 Å². The first-order chi connectivity index (χ1) is 7.81. The van der Waals surface area contributed by atoms with Crippen molar-refractivity contribution >= 4 is 5.97 Å². The lowest BCUT2D eigenvalue weighted by atomic mass is 10.5. The molecule has 0 saturated carbocycles. The largest absolute Gasteiger partial charge is 0.466 e. The second kappa shape index (κ2) is 12.4. The van der Waals surface area contributed by atoms with Crippen LogP contribution in [0.15, 0.2) is 0 Å². The van der Waals surface area contributed by atoms with Gasteiger partial charge in [-0.3, -0.25) is 4.79 Å². The number of rotatable bonds is 11. The van der Waals surface area contributed by atoms with E-state index in [4.69, 9.17) is 18.9 Å². The fourth-order valence-electron chi connectivity index (χ4n) is 0.973. The van der Waals surface area contributed by atoms with Crippen LogP contribution in [0.1, 0.15) is 20.3 Å². The molecule has 0 aliphatic rings. The first-order valence-electron chi connectivity index (χ1n) is 5.70. The lowest BCUT2D eigenvalue weighted by Crippen LogP contribution is -2.12. The van der Waals surface area contributed by atoms with Crippen LogP contribution in [-0.2, 0) is 23.7 Å². The molecule has 0 saturated heterocycles. The van der Waals surface area contributed by atoms with Crippen LogP contribution in [0.2, 0.25) is 0 Å². The van der Waals surface area contributed by atoms with Crippen molar-refractivity contribution in [2.75, 3.05) is 46.2 Å². The molecule has 0 bridgehead atoms. The van der Waals surface area contributed by atoms with Crippen molar-refractivity contribution in [2.24, 2.45) is 0 Å². The van der Waals surface area contributed by atoms with Gasteiger partial charge in [0.15, 0.2) is 0 Å². The van der Waals surface area contributed by atoms with E-state index in [9.17, 15) is 4.79 Å². The SMILES string of the molecule is CCOCCOCCOCCC(=O)OCC. The maximum absolute atomic E-state index is 10.9. The van der Waals surface area contributed by atoms with Crippen molar-refractivity contribution < 1.29 is 23.7 Å². The Morgan fingerprint density at radius 2 is 1.38 bits per heavy atom. The molecular weight excluding hydrogens is 212 g/mol. The van der Waals surface area contributed by atoms with Gasteiger partial charge < -0.3 is 18.9 Å². The zero-order valence-corrected chi connectivity index (χ0v) is 10.2. The third-order valence-electron chi connectivity index (χ3n) is 1.70. The number of ether oxygens (including phenoxy) is 4. The average Bonchev–Trinajstić information content (AvgIpc) is 2.27. The summed E-state index contributed by atoms with van der Waals surface area (Å²) in [5, 5.41) is 0. The molecule has 0 heterocycles. The molecule has 0 amide bonds. The first-order valence-corrected chi connectivity index (χ1v) is 5.70. The van der Waals surface area contributed by atoms with Crippen molar-refractivity contribution in [3.63, 3.8) is 0 Å². The molecule has 0 rings (SSSR count). The van der Waals surface area contributed by atoms with E-state index < -0.39 is 0 Å². The van der Waals surface area contributed by atoms with E-state index in [-0.39, 0.29) is 5.97 Å². The highest BCUT2D eigenvalue weighted by atomic mass is 16.5. The minimum Gasteiger partial charge on any atom is -0.466 e. The topological polar surface area (TPSA) is 54.0 Å². The zero-order chi connectivity index (χ0) is 12.1. The number of carbonyl (C=O) groups is 1. The Hall–Kier alpha value is -0.650. The van der Waals surface area contributed by atoms with E-state index in [2.05, 4.69) is 0 Å². The Morgan fingerprint density at radius 1 is 0.812 bits per heavy atom. The van der Waals surface area contributed by atoms with Crippen molar-refractivity contribution in [3.05, 3.63) is 0 Å². The summed E-state index contributed by atoms with van der Waals surface area (Å²) >= 11 is 0. The minimum atomic E-state index is -0.222. The average molecular weight is 234 g/mol. The van der Waals surface area contributed by atoms with Crippen molar-refractivity contribution in [2.45, 2.75) is 20.3 Å². The van der Waals surface area contributed by atoms with Gasteiger partial charge in [0.1, 0.15) is 0 Å². The third-order valence-corrected chi connectivity index (χ3v) is 1.70. The van der Waals surface area contributed by atoms with Crippen molar-refractivity contribution in [3.8, 4) is 0 Å². The molecular formula is C11H22O5. The summed E-state index contributed by atoms with van der Waals surface area (Å²) in [5.41, 5.74) is 0. The predicted molar refractivity (Wildman–Crippen MR) is 59.4 cm³/mol. The van der Waals surface area contributed by atoms with E-state index in [0.717, 1.165) is 0 Å². The number of hydrogen-bond donors (Lipinski definition) is 0. The van der Waals surface area contributed by atoms with E-state index in [0.29, 0.717) is 52.7 Å². The highest BCUT2D eigenvalue weighted by Crippen LogP contribution is 1.88. The third kappa shape index (κ3) is 11.4. The molecule has 0 spiro atoms. The van der Waals surface area contributed by atoms with Gasteiger partial charge in [0.25, 0.3) is 0 Å². The molecule has 0 atom stereocenters. The number of esters is 1. The lowest BCUT2D eigenvalue weighted by Gasteiger charge is -2.05. The molecule has 0 aromatic heterocycles. The van der Waals surface area contributed by atoms with Crippen LogP contribution >= 0.6 is 0 Å². The van der Waals surface area contributed by atoms with Gasteiger partial charge in [-0.15, -0.1) is 0 Å². The molecule has 0 N–H and O–H groups in total. The van der Waals surface area contributed by atoms with Gasteiger partial charge in [-0.1, -0.05) is 0 Å². The highest BCUT2D eigenvalue weighted by Gasteiger charge is 2.00. The Bertz CT molecular complexity index is 160. The molecule has 96 valence electrons. The fourth-order valence-corrected chi connectivity index (χ4v) is 0.973. The molecule has 0 aromatic rings. The minimum absolute atomic E-state index is 0.222. The molecule has 0 unspecified atom stereocenters. The van der Waals surface area contributed by atoms with Gasteiger partial charge in [-0.2, -0.15) is 0 Å². The maximum atomic E-state index is 10.9. The molecule has 16 heavy (non-hydrogen) atoms. The fraction of sp³-hybridized carbons (Fsp3) is 0.909. The highest BCUT2D eigenvalue weighted by molar-refractivity contribution is 5.69. The zero-order valence-electron chi connectivity index (χ0n) is 10.2. The van der Waals surface area contributed by atoms with Gasteiger partial charge in [0, 0.05) is 6.61 Å². The standard InChI is InChI=1S/C11H22O5/c1-3-13-7-8-15-10-9-14-6-5-11(12)16-4-2/h3-10H2,1-2H3. The van der Waals surface area contributed by atoms with Crippen molar-refractivity contribution in [1.82, 2.24) is 0 Å². The molecule has 0 aromatic carbocycles. The van der Waals surface area contributed by atoms with Gasteiger partial charge in [0.05, 0.1) is 46.1 Å². The second-order valence-electron chi connectivity index (χ2n) is 2.98. The van der Waals surface area contributed by atoms with Gasteiger partial charge in [-0.05, 0) is 13.8 Å². The number of carbonyl (C=O) groups excluding carboxylic acids is 1. The Kier molecular flexibility index (Phi) is 11.9. The summed E-state index contributed by atoms with van der Waals surface area (Å²) in [6.45, 7) is 7.44. The van der Waals surface area contributed by atoms with Crippen LogP contribution in [0.5, 0.6) is 0 Å². The molecule has 5 heteroatoms. The Labute approximate surface area is 97.0 Å². The number of hydrogen-bond acceptors (Lipinski definition) is 5. The van der Waals surface area contributed by atoms with Crippen LogP contribution in [0, 0.1) is 0 Å². The molecule has 5 nitrogen and oxygen atoms in total. The Morgan fingerprint density at radius 3 is 1.94 bits per heavy atom. The van der Waals surface area contributed by atoms with E-state index in [1.165, 1.54) is 0 Å². The van der Waals surface area contributed by atoms with Crippen LogP contribution in [0.25, 0.3) is 0 Å². The maximum Gasteiger partial charge on any atom is 0.308 e. The first kappa shape index (κ1) is 15.3. The molecule has 0 aliphatic carbocycles. The lowest BCUT2D eigenvalue weighted by molar-refractivity contribution is -0.144. The van der Waals surface area contributed by atoms with E-state index >= 15 is 0 Å². The van der Waals surface area contributed by atoms with E-state index in [1.54, 1.807) is 6.92 Å². The Balaban J connectivity index is 3.01. The van der Waals surface area contributed by atoms with Crippen LogP contribution < -0.4 is 0 Å². The molecule has 0 aliphatic heterocycles. The monoisotopic (exact) mass is 234 g/mol. The van der Waals surface area contributed by atoms with Crippen LogP contribution in [0.4, 0.5) is 0 Å². The predicted octanol–water partition coefficient (Wildman–Crippen LogP) is 1.01. The normalized spacial score (nSPS) is 10.4. The summed E-state index contributed by atoms with van der Waals surface area (Å²) in [5.74, 6) is -0.222. The van der Waals surface area contributed by atoms with Crippen LogP contribution in [-0.4, -0.2) is 52.2 Å². The van der Waals surface area contributed by atoms with Gasteiger partial charge in [0.2, 0.25) is 0 Å². The van der Waals surface area contributed by atoms with Gasteiger partial charge in [-0.25, -0.2) is 0 Å². The summed E-state index contributed by atoms with van der Waals surface area (Å²) in [4.78, 5) is 10.9. The van der Waals surface area contributed by atoms with E-state index in [1.807, 2.05) is 6.92 Å². The molecule has 0 radical (unpaired) electrons. The summed E-state index contributed by atoms with van der Waals surface area (Å²) in [7, 11) is 0. The smallest absolute Gasteiger partial charge is 0.308 e.